The van der Waals surface area contributed by atoms with E-state index in [0.717, 1.165) is 6.42 Å². The van der Waals surface area contributed by atoms with Crippen molar-refractivity contribution < 1.29 is 17.9 Å². The summed E-state index contributed by atoms with van der Waals surface area (Å²) in [4.78, 5) is 0. The fourth-order valence-corrected chi connectivity index (χ4v) is 2.54. The van der Waals surface area contributed by atoms with Crippen LogP contribution in [0, 0.1) is 11.8 Å². The van der Waals surface area contributed by atoms with Crippen molar-refractivity contribution in [3.05, 3.63) is 0 Å². The maximum Gasteiger partial charge on any atom is 0.391 e. The lowest BCUT2D eigenvalue weighted by atomic mass is 9.76. The number of alkyl halides is 3. The number of nitrogens with two attached hydrogens (primary N) is 1. The van der Waals surface area contributed by atoms with Gasteiger partial charge in [-0.1, -0.05) is 0 Å². The molecule has 2 nitrogen and oxygen atoms in total. The Morgan fingerprint density at radius 3 is 2.57 bits per heavy atom. The summed E-state index contributed by atoms with van der Waals surface area (Å²) in [7, 11) is 0. The molecular weight excluding hydrogens is 195 g/mol. The molecule has 2 fully saturated rings. The van der Waals surface area contributed by atoms with Gasteiger partial charge in [-0.15, -0.1) is 0 Å². The number of hydrogen-bond acceptors (Lipinski definition) is 2. The van der Waals surface area contributed by atoms with Crippen LogP contribution in [0.4, 0.5) is 13.2 Å². The number of rotatable bonds is 0. The topological polar surface area (TPSA) is 35.2 Å². The molecule has 0 unspecified atom stereocenters. The summed E-state index contributed by atoms with van der Waals surface area (Å²) in [6.07, 6.45) is -3.40. The number of halogens is 3. The summed E-state index contributed by atoms with van der Waals surface area (Å²) in [6, 6.07) is -0.345. The maximum atomic E-state index is 12.5. The van der Waals surface area contributed by atoms with E-state index in [1.165, 1.54) is 0 Å². The van der Waals surface area contributed by atoms with Crippen LogP contribution in [0.2, 0.25) is 0 Å². The second-order valence-corrected chi connectivity index (χ2v) is 4.24. The lowest BCUT2D eigenvalue weighted by Crippen LogP contribution is -2.46. The molecule has 1 aliphatic heterocycles. The molecule has 5 heteroatoms. The fourth-order valence-electron chi connectivity index (χ4n) is 2.54. The molecule has 4 atom stereocenters. The van der Waals surface area contributed by atoms with Crippen LogP contribution in [-0.4, -0.2) is 24.9 Å². The monoisotopic (exact) mass is 209 g/mol. The zero-order valence-electron chi connectivity index (χ0n) is 7.76. The molecule has 82 valence electrons. The molecular formula is C9H14F3NO. The SMILES string of the molecule is N[C@@H]1C[C@@H](C(F)(F)F)C[C@@H]2OCC[C@H]12. The molecule has 0 spiro atoms. The van der Waals surface area contributed by atoms with E-state index >= 15 is 0 Å². The van der Waals surface area contributed by atoms with Gasteiger partial charge in [0.15, 0.2) is 0 Å². The van der Waals surface area contributed by atoms with Gasteiger partial charge in [-0.05, 0) is 19.3 Å². The maximum absolute atomic E-state index is 12.5. The third-order valence-electron chi connectivity index (χ3n) is 3.35. The van der Waals surface area contributed by atoms with E-state index in [1.54, 1.807) is 0 Å². The van der Waals surface area contributed by atoms with Crippen LogP contribution in [0.25, 0.3) is 0 Å². The van der Waals surface area contributed by atoms with Crippen molar-refractivity contribution in [1.29, 1.82) is 0 Å². The molecule has 0 bridgehead atoms. The molecule has 0 aromatic heterocycles. The van der Waals surface area contributed by atoms with E-state index in [9.17, 15) is 13.2 Å². The third kappa shape index (κ3) is 1.75. The molecule has 14 heavy (non-hydrogen) atoms. The van der Waals surface area contributed by atoms with E-state index in [4.69, 9.17) is 10.5 Å². The highest BCUT2D eigenvalue weighted by molar-refractivity contribution is 4.94. The average molecular weight is 209 g/mol. The summed E-state index contributed by atoms with van der Waals surface area (Å²) in [6.45, 7) is 0.563. The van der Waals surface area contributed by atoms with Gasteiger partial charge in [-0.25, -0.2) is 0 Å². The Labute approximate surface area is 80.6 Å². The highest BCUT2D eigenvalue weighted by Crippen LogP contribution is 2.43. The van der Waals surface area contributed by atoms with E-state index in [0.29, 0.717) is 6.61 Å². The molecule has 1 saturated carbocycles. The Balaban J connectivity index is 2.06. The van der Waals surface area contributed by atoms with Crippen molar-refractivity contribution >= 4 is 0 Å². The Kier molecular flexibility index (Phi) is 2.47. The minimum Gasteiger partial charge on any atom is -0.378 e. The summed E-state index contributed by atoms with van der Waals surface area (Å²) in [5.74, 6) is -1.12. The van der Waals surface area contributed by atoms with Crippen LogP contribution in [0.3, 0.4) is 0 Å². The molecule has 0 aromatic rings. The quantitative estimate of drug-likeness (QED) is 0.659. The van der Waals surface area contributed by atoms with Gasteiger partial charge in [0.25, 0.3) is 0 Å². The molecule has 2 rings (SSSR count). The predicted octanol–water partition coefficient (Wildman–Crippen LogP) is 1.69. The minimum atomic E-state index is -4.12. The zero-order chi connectivity index (χ0) is 10.3. The highest BCUT2D eigenvalue weighted by Gasteiger charge is 2.49. The van der Waals surface area contributed by atoms with Crippen LogP contribution in [0.1, 0.15) is 19.3 Å². The van der Waals surface area contributed by atoms with Crippen LogP contribution >= 0.6 is 0 Å². The summed E-state index contributed by atoms with van der Waals surface area (Å²) in [5.41, 5.74) is 5.73. The summed E-state index contributed by atoms with van der Waals surface area (Å²) >= 11 is 0. The second-order valence-electron chi connectivity index (χ2n) is 4.24. The molecule has 1 heterocycles. The minimum absolute atomic E-state index is 0.0635. The largest absolute Gasteiger partial charge is 0.391 e. The van der Waals surface area contributed by atoms with Gasteiger partial charge in [0.2, 0.25) is 0 Å². The molecule has 0 aromatic carbocycles. The normalized spacial score (nSPS) is 43.7. The lowest BCUT2D eigenvalue weighted by molar-refractivity contribution is -0.193. The fraction of sp³-hybridized carbons (Fsp3) is 1.00. The van der Waals surface area contributed by atoms with Crippen molar-refractivity contribution in [1.82, 2.24) is 0 Å². The number of fused-ring (bicyclic) bond motifs is 1. The number of ether oxygens (including phenoxy) is 1. The Hall–Kier alpha value is -0.290. The van der Waals surface area contributed by atoms with Crippen molar-refractivity contribution in [2.75, 3.05) is 6.61 Å². The first-order valence-corrected chi connectivity index (χ1v) is 4.92. The molecule has 2 N–H and O–H groups in total. The van der Waals surface area contributed by atoms with Crippen molar-refractivity contribution in [2.24, 2.45) is 17.6 Å². The van der Waals surface area contributed by atoms with E-state index in [1.807, 2.05) is 0 Å². The first kappa shape index (κ1) is 10.2. The predicted molar refractivity (Wildman–Crippen MR) is 44.6 cm³/mol. The van der Waals surface area contributed by atoms with Gasteiger partial charge in [0.1, 0.15) is 0 Å². The third-order valence-corrected chi connectivity index (χ3v) is 3.35. The molecule has 0 radical (unpaired) electrons. The zero-order valence-corrected chi connectivity index (χ0v) is 7.76. The first-order chi connectivity index (χ1) is 6.48. The highest BCUT2D eigenvalue weighted by atomic mass is 19.4. The van der Waals surface area contributed by atoms with Gasteiger partial charge in [-0.2, -0.15) is 13.2 Å². The Morgan fingerprint density at radius 1 is 1.21 bits per heavy atom. The van der Waals surface area contributed by atoms with E-state index in [2.05, 4.69) is 0 Å². The molecule has 2 aliphatic rings. The second kappa shape index (κ2) is 3.38. The first-order valence-electron chi connectivity index (χ1n) is 4.92. The Morgan fingerprint density at radius 2 is 1.93 bits per heavy atom. The molecule has 1 saturated heterocycles. The van der Waals surface area contributed by atoms with Crippen molar-refractivity contribution in [3.8, 4) is 0 Å². The van der Waals surface area contributed by atoms with Gasteiger partial charge in [0.05, 0.1) is 12.0 Å². The molecule has 0 amide bonds. The lowest BCUT2D eigenvalue weighted by Gasteiger charge is -2.36. The molecule has 1 aliphatic carbocycles. The van der Waals surface area contributed by atoms with Crippen LogP contribution < -0.4 is 5.73 Å². The van der Waals surface area contributed by atoms with Gasteiger partial charge >= 0.3 is 6.18 Å². The summed E-state index contributed by atoms with van der Waals surface area (Å²) < 4.78 is 42.7. The number of hydrogen-bond donors (Lipinski definition) is 1. The van der Waals surface area contributed by atoms with Crippen molar-refractivity contribution in [3.63, 3.8) is 0 Å². The van der Waals surface area contributed by atoms with Crippen LogP contribution in [-0.2, 0) is 4.74 Å². The van der Waals surface area contributed by atoms with Crippen LogP contribution in [0.5, 0.6) is 0 Å². The summed E-state index contributed by atoms with van der Waals surface area (Å²) in [5, 5.41) is 0. The van der Waals surface area contributed by atoms with Gasteiger partial charge in [0, 0.05) is 18.6 Å². The van der Waals surface area contributed by atoms with Gasteiger partial charge in [-0.3, -0.25) is 0 Å². The van der Waals surface area contributed by atoms with Crippen LogP contribution in [0.15, 0.2) is 0 Å². The average Bonchev–Trinajstić information content (AvgIpc) is 2.50. The van der Waals surface area contributed by atoms with E-state index in [-0.39, 0.29) is 30.9 Å². The standard InChI is InChI=1S/C9H14F3NO/c10-9(11,12)5-3-7(13)6-1-2-14-8(6)4-5/h5-8H,1-4,13H2/t5-,6-,7-,8+/m1/s1. The smallest absolute Gasteiger partial charge is 0.378 e. The van der Waals surface area contributed by atoms with E-state index < -0.39 is 12.1 Å². The van der Waals surface area contributed by atoms with Crippen molar-refractivity contribution in [2.45, 2.75) is 37.6 Å². The van der Waals surface area contributed by atoms with Gasteiger partial charge < -0.3 is 10.5 Å². The Bertz CT molecular complexity index is 219.